The first-order valence-corrected chi connectivity index (χ1v) is 4.50. The highest BCUT2D eigenvalue weighted by Gasteiger charge is 2.22. The average Bonchev–Trinajstić information content (AvgIpc) is 2.07. The number of pyridine rings is 1. The molecule has 4 nitrogen and oxygen atoms in total. The van der Waals surface area contributed by atoms with Crippen molar-refractivity contribution < 1.29 is 4.79 Å². The number of aromatic nitrogens is 1. The summed E-state index contributed by atoms with van der Waals surface area (Å²) >= 11 is 5.75. The number of carbonyl (C=O) groups excluding carboxylic acids is 1. The van der Waals surface area contributed by atoms with Crippen LogP contribution in [0.15, 0.2) is 18.3 Å². The molecular formula is C9H12ClN3O. The molecule has 1 heterocycles. The Labute approximate surface area is 87.5 Å². The van der Waals surface area contributed by atoms with Crippen molar-refractivity contribution in [3.8, 4) is 0 Å². The van der Waals surface area contributed by atoms with E-state index >= 15 is 0 Å². The summed E-state index contributed by atoms with van der Waals surface area (Å²) in [7, 11) is 0. The molecule has 1 amide bonds. The second-order valence-electron chi connectivity index (χ2n) is 3.52. The number of nitrogens with one attached hydrogen (secondary N) is 1. The Hall–Kier alpha value is -1.13. The maximum Gasteiger partial charge on any atom is 0.243 e. The molecule has 0 bridgehead atoms. The topological polar surface area (TPSA) is 68.0 Å². The van der Waals surface area contributed by atoms with Crippen molar-refractivity contribution in [3.05, 3.63) is 23.5 Å². The van der Waals surface area contributed by atoms with E-state index in [0.717, 1.165) is 0 Å². The predicted octanol–water partition coefficient (Wildman–Crippen LogP) is 1.41. The van der Waals surface area contributed by atoms with Gasteiger partial charge in [-0.1, -0.05) is 11.6 Å². The first kappa shape index (κ1) is 10.9. The standard InChI is InChI=1S/C9H12ClN3O/c1-9(2,11)8(14)13-6-4-3-5-12-7(6)10/h3-5H,11H2,1-2H3,(H,13,14). The molecule has 0 saturated heterocycles. The van der Waals surface area contributed by atoms with Gasteiger partial charge in [0.25, 0.3) is 0 Å². The van der Waals surface area contributed by atoms with Gasteiger partial charge in [-0.2, -0.15) is 0 Å². The Morgan fingerprint density at radius 1 is 1.64 bits per heavy atom. The van der Waals surface area contributed by atoms with Gasteiger partial charge in [-0.3, -0.25) is 4.79 Å². The van der Waals surface area contributed by atoms with Crippen molar-refractivity contribution in [2.75, 3.05) is 5.32 Å². The van der Waals surface area contributed by atoms with Gasteiger partial charge in [-0.05, 0) is 26.0 Å². The Bertz CT molecular complexity index is 346. The lowest BCUT2D eigenvalue weighted by atomic mass is 10.1. The van der Waals surface area contributed by atoms with Crippen molar-refractivity contribution in [1.82, 2.24) is 4.98 Å². The van der Waals surface area contributed by atoms with Gasteiger partial charge in [0, 0.05) is 6.20 Å². The van der Waals surface area contributed by atoms with Gasteiger partial charge in [-0.15, -0.1) is 0 Å². The fraction of sp³-hybridized carbons (Fsp3) is 0.333. The average molecular weight is 214 g/mol. The number of amides is 1. The van der Waals surface area contributed by atoms with E-state index < -0.39 is 5.54 Å². The minimum Gasteiger partial charge on any atom is -0.322 e. The molecule has 1 aromatic rings. The van der Waals surface area contributed by atoms with Gasteiger partial charge in [0.1, 0.15) is 0 Å². The molecule has 0 unspecified atom stereocenters. The smallest absolute Gasteiger partial charge is 0.243 e. The monoisotopic (exact) mass is 213 g/mol. The summed E-state index contributed by atoms with van der Waals surface area (Å²) in [5.41, 5.74) is 5.14. The highest BCUT2D eigenvalue weighted by atomic mass is 35.5. The number of hydrogen-bond donors (Lipinski definition) is 2. The summed E-state index contributed by atoms with van der Waals surface area (Å²) in [5, 5.41) is 2.85. The van der Waals surface area contributed by atoms with Crippen LogP contribution < -0.4 is 11.1 Å². The number of anilines is 1. The Morgan fingerprint density at radius 3 is 2.79 bits per heavy atom. The molecule has 0 aliphatic heterocycles. The Balaban J connectivity index is 2.80. The van der Waals surface area contributed by atoms with Gasteiger partial charge >= 0.3 is 0 Å². The molecular weight excluding hydrogens is 202 g/mol. The Kier molecular flexibility index (Phi) is 3.08. The van der Waals surface area contributed by atoms with E-state index in [0.29, 0.717) is 5.69 Å². The first-order valence-electron chi connectivity index (χ1n) is 4.12. The molecule has 0 aromatic carbocycles. The molecule has 0 saturated carbocycles. The van der Waals surface area contributed by atoms with Crippen LogP contribution in [0.2, 0.25) is 5.15 Å². The van der Waals surface area contributed by atoms with Crippen molar-refractivity contribution in [2.24, 2.45) is 5.73 Å². The number of hydrogen-bond acceptors (Lipinski definition) is 3. The lowest BCUT2D eigenvalue weighted by molar-refractivity contribution is -0.120. The third-order valence-electron chi connectivity index (χ3n) is 1.59. The number of halogens is 1. The zero-order valence-electron chi connectivity index (χ0n) is 8.04. The van der Waals surface area contributed by atoms with Gasteiger partial charge in [0.2, 0.25) is 5.91 Å². The van der Waals surface area contributed by atoms with Crippen LogP contribution in [0.3, 0.4) is 0 Å². The second-order valence-corrected chi connectivity index (χ2v) is 3.88. The van der Waals surface area contributed by atoms with Crippen LogP contribution in [0.5, 0.6) is 0 Å². The van der Waals surface area contributed by atoms with Crippen molar-refractivity contribution in [3.63, 3.8) is 0 Å². The summed E-state index contributed by atoms with van der Waals surface area (Å²) in [6.07, 6.45) is 1.55. The first-order chi connectivity index (χ1) is 6.41. The van der Waals surface area contributed by atoms with E-state index in [-0.39, 0.29) is 11.1 Å². The molecule has 5 heteroatoms. The summed E-state index contributed by atoms with van der Waals surface area (Å²) in [6, 6.07) is 3.35. The zero-order chi connectivity index (χ0) is 10.8. The maximum absolute atomic E-state index is 11.5. The minimum absolute atomic E-state index is 0.255. The van der Waals surface area contributed by atoms with E-state index in [1.807, 2.05) is 0 Å². The van der Waals surface area contributed by atoms with Crippen LogP contribution in [0, 0.1) is 0 Å². The maximum atomic E-state index is 11.5. The summed E-state index contributed by atoms with van der Waals surface area (Å²) < 4.78 is 0. The van der Waals surface area contributed by atoms with Crippen LogP contribution in [-0.2, 0) is 4.79 Å². The van der Waals surface area contributed by atoms with Crippen molar-refractivity contribution in [2.45, 2.75) is 19.4 Å². The number of nitrogens with zero attached hydrogens (tertiary/aromatic N) is 1. The molecule has 0 aliphatic carbocycles. The molecule has 0 fully saturated rings. The SMILES string of the molecule is CC(C)(N)C(=O)Nc1cccnc1Cl. The van der Waals surface area contributed by atoms with Crippen LogP contribution in [0.4, 0.5) is 5.69 Å². The molecule has 0 spiro atoms. The van der Waals surface area contributed by atoms with Crippen LogP contribution in [0.25, 0.3) is 0 Å². The van der Waals surface area contributed by atoms with Crippen LogP contribution in [0.1, 0.15) is 13.8 Å². The highest BCUT2D eigenvalue weighted by molar-refractivity contribution is 6.32. The molecule has 14 heavy (non-hydrogen) atoms. The molecule has 0 atom stereocenters. The Morgan fingerprint density at radius 2 is 2.29 bits per heavy atom. The molecule has 0 aliphatic rings. The normalized spacial score (nSPS) is 11.1. The quantitative estimate of drug-likeness (QED) is 0.730. The van der Waals surface area contributed by atoms with Crippen LogP contribution in [-0.4, -0.2) is 16.4 Å². The molecule has 0 radical (unpaired) electrons. The van der Waals surface area contributed by atoms with E-state index in [2.05, 4.69) is 10.3 Å². The lowest BCUT2D eigenvalue weighted by Gasteiger charge is -2.17. The fourth-order valence-corrected chi connectivity index (χ4v) is 0.929. The van der Waals surface area contributed by atoms with Crippen molar-refractivity contribution in [1.29, 1.82) is 0 Å². The number of nitrogens with two attached hydrogens (primary N) is 1. The summed E-state index contributed by atoms with van der Waals surface area (Å²) in [5.74, 6) is -0.299. The van der Waals surface area contributed by atoms with Gasteiger partial charge in [-0.25, -0.2) is 4.98 Å². The van der Waals surface area contributed by atoms with Gasteiger partial charge < -0.3 is 11.1 Å². The summed E-state index contributed by atoms with van der Waals surface area (Å²) in [4.78, 5) is 15.3. The van der Waals surface area contributed by atoms with E-state index in [1.165, 1.54) is 0 Å². The van der Waals surface area contributed by atoms with E-state index in [1.54, 1.807) is 32.2 Å². The summed E-state index contributed by atoms with van der Waals surface area (Å²) in [6.45, 7) is 3.24. The third-order valence-corrected chi connectivity index (χ3v) is 1.89. The van der Waals surface area contributed by atoms with Gasteiger partial charge in [0.15, 0.2) is 5.15 Å². The van der Waals surface area contributed by atoms with Gasteiger partial charge in [0.05, 0.1) is 11.2 Å². The fourth-order valence-electron chi connectivity index (χ4n) is 0.763. The van der Waals surface area contributed by atoms with E-state index in [9.17, 15) is 4.79 Å². The molecule has 76 valence electrons. The predicted molar refractivity (Wildman–Crippen MR) is 56.1 cm³/mol. The number of rotatable bonds is 2. The highest BCUT2D eigenvalue weighted by Crippen LogP contribution is 2.18. The molecule has 3 N–H and O–H groups in total. The molecule has 1 rings (SSSR count). The number of carbonyl (C=O) groups is 1. The zero-order valence-corrected chi connectivity index (χ0v) is 8.80. The largest absolute Gasteiger partial charge is 0.322 e. The van der Waals surface area contributed by atoms with Crippen molar-refractivity contribution >= 4 is 23.2 Å². The lowest BCUT2D eigenvalue weighted by Crippen LogP contribution is -2.45. The second kappa shape index (κ2) is 3.94. The third kappa shape index (κ3) is 2.68. The minimum atomic E-state index is -0.931. The van der Waals surface area contributed by atoms with E-state index in [4.69, 9.17) is 17.3 Å². The molecule has 1 aromatic heterocycles. The van der Waals surface area contributed by atoms with Crippen LogP contribution >= 0.6 is 11.6 Å².